The second-order valence-corrected chi connectivity index (χ2v) is 2.93. The number of carbonyl (C=O) groups excluding carboxylic acids is 2. The van der Waals surface area contributed by atoms with Crippen LogP contribution in [-0.2, 0) is 9.59 Å². The summed E-state index contributed by atoms with van der Waals surface area (Å²) in [6.45, 7) is 0.485. The molecule has 1 aliphatic rings. The van der Waals surface area contributed by atoms with Crippen molar-refractivity contribution in [2.75, 3.05) is 6.54 Å². The highest BCUT2D eigenvalue weighted by molar-refractivity contribution is 6.15. The molecule has 0 saturated heterocycles. The molecule has 0 aromatic heterocycles. The SMILES string of the molecule is CC1=CC(=O)N(CC(F)C(F)F)C1=O. The molecule has 0 aliphatic carbocycles. The Balaban J connectivity index is 2.64. The van der Waals surface area contributed by atoms with Crippen LogP contribution >= 0.6 is 0 Å². The molecule has 1 rings (SSSR count). The van der Waals surface area contributed by atoms with Gasteiger partial charge in [0, 0.05) is 11.6 Å². The van der Waals surface area contributed by atoms with Gasteiger partial charge in [-0.1, -0.05) is 0 Å². The van der Waals surface area contributed by atoms with Gasteiger partial charge in [0.15, 0.2) is 6.17 Å². The molecule has 6 heteroatoms. The molecular weight excluding hydrogens is 199 g/mol. The molecule has 1 unspecified atom stereocenters. The molecule has 0 N–H and O–H groups in total. The van der Waals surface area contributed by atoms with Gasteiger partial charge in [-0.2, -0.15) is 0 Å². The Hall–Kier alpha value is -1.33. The molecule has 3 nitrogen and oxygen atoms in total. The average Bonchev–Trinajstić information content (AvgIpc) is 2.32. The Kier molecular flexibility index (Phi) is 2.93. The van der Waals surface area contributed by atoms with Crippen molar-refractivity contribution in [1.82, 2.24) is 4.90 Å². The molecule has 1 atom stereocenters. The lowest BCUT2D eigenvalue weighted by atomic mass is 10.3. The van der Waals surface area contributed by atoms with Gasteiger partial charge in [0.2, 0.25) is 0 Å². The quantitative estimate of drug-likeness (QED) is 0.645. The first-order valence-corrected chi connectivity index (χ1v) is 3.90. The van der Waals surface area contributed by atoms with Crippen molar-refractivity contribution in [2.45, 2.75) is 19.5 Å². The average molecular weight is 207 g/mol. The number of imide groups is 1. The zero-order valence-electron chi connectivity index (χ0n) is 7.34. The van der Waals surface area contributed by atoms with Gasteiger partial charge in [-0.25, -0.2) is 13.2 Å². The highest BCUT2D eigenvalue weighted by Crippen LogP contribution is 2.15. The highest BCUT2D eigenvalue weighted by Gasteiger charge is 2.33. The highest BCUT2D eigenvalue weighted by atomic mass is 19.3. The van der Waals surface area contributed by atoms with Crippen molar-refractivity contribution >= 4 is 11.8 Å². The third-order valence-corrected chi connectivity index (χ3v) is 1.82. The van der Waals surface area contributed by atoms with E-state index in [2.05, 4.69) is 0 Å². The molecule has 0 fully saturated rings. The smallest absolute Gasteiger partial charge is 0.271 e. The molecule has 1 heterocycles. The lowest BCUT2D eigenvalue weighted by molar-refractivity contribution is -0.139. The summed E-state index contributed by atoms with van der Waals surface area (Å²) in [5.74, 6) is -1.45. The van der Waals surface area contributed by atoms with E-state index in [4.69, 9.17) is 0 Å². The van der Waals surface area contributed by atoms with Crippen LogP contribution in [0.1, 0.15) is 6.92 Å². The van der Waals surface area contributed by atoms with Gasteiger partial charge in [-0.05, 0) is 6.92 Å². The normalized spacial score (nSPS) is 19.2. The van der Waals surface area contributed by atoms with Crippen molar-refractivity contribution in [3.63, 3.8) is 0 Å². The third-order valence-electron chi connectivity index (χ3n) is 1.82. The van der Waals surface area contributed by atoms with Gasteiger partial charge in [-0.15, -0.1) is 0 Å². The van der Waals surface area contributed by atoms with Gasteiger partial charge in [-0.3, -0.25) is 14.5 Å². The largest absolute Gasteiger partial charge is 0.272 e. The van der Waals surface area contributed by atoms with Crippen molar-refractivity contribution < 1.29 is 22.8 Å². The number of rotatable bonds is 3. The van der Waals surface area contributed by atoms with Crippen LogP contribution < -0.4 is 0 Å². The minimum absolute atomic E-state index is 0.136. The molecule has 78 valence electrons. The zero-order valence-corrected chi connectivity index (χ0v) is 7.34. The number of amides is 2. The Labute approximate surface area is 78.2 Å². The van der Waals surface area contributed by atoms with Crippen molar-refractivity contribution in [2.24, 2.45) is 0 Å². The van der Waals surface area contributed by atoms with E-state index in [1.165, 1.54) is 6.92 Å². The summed E-state index contributed by atoms with van der Waals surface area (Å²) in [7, 11) is 0. The van der Waals surface area contributed by atoms with E-state index >= 15 is 0 Å². The zero-order chi connectivity index (χ0) is 10.9. The first-order chi connectivity index (χ1) is 6.43. The number of nitrogens with zero attached hydrogens (tertiary/aromatic N) is 1. The van der Waals surface area contributed by atoms with Crippen LogP contribution in [0.25, 0.3) is 0 Å². The van der Waals surface area contributed by atoms with E-state index in [-0.39, 0.29) is 5.57 Å². The summed E-state index contributed by atoms with van der Waals surface area (Å²) in [6, 6.07) is 0. The summed E-state index contributed by atoms with van der Waals surface area (Å²) in [5, 5.41) is 0. The Bertz CT molecular complexity index is 301. The van der Waals surface area contributed by atoms with Crippen LogP contribution in [0.3, 0.4) is 0 Å². The molecule has 1 aliphatic heterocycles. The van der Waals surface area contributed by atoms with E-state index in [9.17, 15) is 22.8 Å². The van der Waals surface area contributed by atoms with Crippen LogP contribution in [0.2, 0.25) is 0 Å². The van der Waals surface area contributed by atoms with Crippen LogP contribution in [0.4, 0.5) is 13.2 Å². The summed E-state index contributed by atoms with van der Waals surface area (Å²) in [5.41, 5.74) is 0.136. The van der Waals surface area contributed by atoms with Crippen molar-refractivity contribution in [3.05, 3.63) is 11.6 Å². The monoisotopic (exact) mass is 207 g/mol. The fourth-order valence-electron chi connectivity index (χ4n) is 1.06. The molecule has 2 amide bonds. The molecular formula is C8H8F3NO2. The van der Waals surface area contributed by atoms with Crippen LogP contribution in [-0.4, -0.2) is 35.9 Å². The number of carbonyl (C=O) groups is 2. The molecule has 0 aromatic rings. The standard InChI is InChI=1S/C8H8F3NO2/c1-4-2-6(13)12(8(4)14)3-5(9)7(10)11/h2,5,7H,3H2,1H3. The predicted octanol–water partition coefficient (Wildman–Crippen LogP) is 0.905. The lowest BCUT2D eigenvalue weighted by Gasteiger charge is -2.16. The van der Waals surface area contributed by atoms with Crippen molar-refractivity contribution in [1.29, 1.82) is 0 Å². The first kappa shape index (κ1) is 10.7. The van der Waals surface area contributed by atoms with E-state index < -0.39 is 31.0 Å². The molecule has 14 heavy (non-hydrogen) atoms. The molecule has 0 radical (unpaired) electrons. The van der Waals surface area contributed by atoms with Gasteiger partial charge >= 0.3 is 0 Å². The van der Waals surface area contributed by atoms with Gasteiger partial charge in [0.05, 0.1) is 6.54 Å². The summed E-state index contributed by atoms with van der Waals surface area (Å²) < 4.78 is 36.1. The Morgan fingerprint density at radius 2 is 1.93 bits per heavy atom. The van der Waals surface area contributed by atoms with E-state index in [1.807, 2.05) is 0 Å². The fourth-order valence-corrected chi connectivity index (χ4v) is 1.06. The minimum atomic E-state index is -3.18. The number of hydrogen-bond donors (Lipinski definition) is 0. The summed E-state index contributed by atoms with van der Waals surface area (Å²) >= 11 is 0. The molecule has 0 aromatic carbocycles. The molecule has 0 saturated carbocycles. The van der Waals surface area contributed by atoms with Crippen LogP contribution in [0, 0.1) is 0 Å². The maximum Gasteiger partial charge on any atom is 0.271 e. The van der Waals surface area contributed by atoms with E-state index in [0.29, 0.717) is 4.90 Å². The minimum Gasteiger partial charge on any atom is -0.272 e. The fraction of sp³-hybridized carbons (Fsp3) is 0.500. The first-order valence-electron chi connectivity index (χ1n) is 3.90. The maximum atomic E-state index is 12.5. The Morgan fingerprint density at radius 1 is 1.36 bits per heavy atom. The van der Waals surface area contributed by atoms with Crippen LogP contribution in [0.5, 0.6) is 0 Å². The number of halogens is 3. The second kappa shape index (κ2) is 3.81. The number of alkyl halides is 3. The molecule has 0 bridgehead atoms. The van der Waals surface area contributed by atoms with Gasteiger partial charge in [0.25, 0.3) is 18.2 Å². The second-order valence-electron chi connectivity index (χ2n) is 2.93. The third kappa shape index (κ3) is 1.94. The Morgan fingerprint density at radius 3 is 2.29 bits per heavy atom. The maximum absolute atomic E-state index is 12.5. The predicted molar refractivity (Wildman–Crippen MR) is 41.4 cm³/mol. The molecule has 0 spiro atoms. The topological polar surface area (TPSA) is 37.4 Å². The van der Waals surface area contributed by atoms with Gasteiger partial charge < -0.3 is 0 Å². The van der Waals surface area contributed by atoms with E-state index in [1.54, 1.807) is 0 Å². The lowest BCUT2D eigenvalue weighted by Crippen LogP contribution is -2.38. The van der Waals surface area contributed by atoms with Crippen molar-refractivity contribution in [3.8, 4) is 0 Å². The summed E-state index contributed by atoms with van der Waals surface area (Å²) in [4.78, 5) is 22.5. The van der Waals surface area contributed by atoms with Crippen LogP contribution in [0.15, 0.2) is 11.6 Å². The van der Waals surface area contributed by atoms with E-state index in [0.717, 1.165) is 6.08 Å². The number of hydrogen-bond acceptors (Lipinski definition) is 2. The summed E-state index contributed by atoms with van der Waals surface area (Å²) in [6.07, 6.45) is -4.67. The van der Waals surface area contributed by atoms with Gasteiger partial charge in [0.1, 0.15) is 0 Å².